The fourth-order valence-electron chi connectivity index (χ4n) is 3.16. The predicted molar refractivity (Wildman–Crippen MR) is 116 cm³/mol. The van der Waals surface area contributed by atoms with Crippen molar-refractivity contribution in [3.63, 3.8) is 0 Å². The summed E-state index contributed by atoms with van der Waals surface area (Å²) in [4.78, 5) is 12.5. The van der Waals surface area contributed by atoms with Crippen LogP contribution in [0.2, 0.25) is 0 Å². The number of hydrogen-bond donors (Lipinski definition) is 2. The molecule has 5 nitrogen and oxygen atoms in total. The lowest BCUT2D eigenvalue weighted by Gasteiger charge is -2.20. The number of anilines is 1. The van der Waals surface area contributed by atoms with E-state index < -0.39 is 61.9 Å². The van der Waals surface area contributed by atoms with Gasteiger partial charge in [-0.15, -0.1) is 0 Å². The number of carbonyl (C=O) groups is 1. The normalized spacial score (nSPS) is 13.3. The third-order valence-electron chi connectivity index (χ3n) is 4.88. The van der Waals surface area contributed by atoms with Crippen LogP contribution in [0, 0.1) is 5.82 Å². The lowest BCUT2D eigenvalue weighted by atomic mass is 10.1. The summed E-state index contributed by atoms with van der Waals surface area (Å²) >= 11 is 0. The largest absolute Gasteiger partial charge is 0.416 e. The molecule has 192 valence electrons. The van der Waals surface area contributed by atoms with Gasteiger partial charge in [-0.1, -0.05) is 30.3 Å². The lowest BCUT2D eigenvalue weighted by Crippen LogP contribution is -2.45. The number of amides is 1. The van der Waals surface area contributed by atoms with Crippen LogP contribution in [0.25, 0.3) is 0 Å². The van der Waals surface area contributed by atoms with Crippen molar-refractivity contribution in [2.75, 3.05) is 5.32 Å². The molecule has 1 unspecified atom stereocenters. The minimum Gasteiger partial charge on any atom is -0.325 e. The van der Waals surface area contributed by atoms with Gasteiger partial charge in [0.25, 0.3) is 0 Å². The van der Waals surface area contributed by atoms with Crippen LogP contribution < -0.4 is 10.0 Å². The summed E-state index contributed by atoms with van der Waals surface area (Å²) in [5, 5.41) is 1.94. The third-order valence-corrected chi connectivity index (χ3v) is 6.36. The maximum atomic E-state index is 13.2. The van der Waals surface area contributed by atoms with Gasteiger partial charge < -0.3 is 5.32 Å². The second-order valence-electron chi connectivity index (χ2n) is 7.60. The number of rotatable bonds is 7. The molecule has 0 aliphatic heterocycles. The highest BCUT2D eigenvalue weighted by Gasteiger charge is 2.37. The summed E-state index contributed by atoms with van der Waals surface area (Å²) in [7, 11) is -4.43. The van der Waals surface area contributed by atoms with Gasteiger partial charge in [0.05, 0.1) is 16.0 Å². The summed E-state index contributed by atoms with van der Waals surface area (Å²) in [6.07, 6.45) is -10.6. The van der Waals surface area contributed by atoms with E-state index in [0.717, 1.165) is 24.3 Å². The zero-order valence-corrected chi connectivity index (χ0v) is 18.8. The predicted octanol–water partition coefficient (Wildman–Crippen LogP) is 5.39. The molecule has 0 saturated carbocycles. The second kappa shape index (κ2) is 10.3. The van der Waals surface area contributed by atoms with Gasteiger partial charge in [-0.3, -0.25) is 4.79 Å². The Labute approximate surface area is 201 Å². The van der Waals surface area contributed by atoms with E-state index in [9.17, 15) is 43.9 Å². The Balaban J connectivity index is 1.96. The molecule has 13 heteroatoms. The van der Waals surface area contributed by atoms with Crippen LogP contribution in [0.3, 0.4) is 0 Å². The Morgan fingerprint density at radius 1 is 0.806 bits per heavy atom. The molecule has 1 atom stereocenters. The quantitative estimate of drug-likeness (QED) is 0.399. The molecule has 0 fully saturated rings. The first-order valence-corrected chi connectivity index (χ1v) is 11.6. The zero-order chi connectivity index (χ0) is 26.7. The number of sulfonamides is 1. The van der Waals surface area contributed by atoms with E-state index in [0.29, 0.717) is 17.7 Å². The SMILES string of the molecule is O=C(Nc1cc(C(F)(F)F)cc(C(F)(F)F)c1)C(Cc1ccccc1)NS(=O)(=O)c1ccc(F)cc1. The van der Waals surface area contributed by atoms with E-state index in [1.54, 1.807) is 30.3 Å². The molecule has 3 aromatic carbocycles. The van der Waals surface area contributed by atoms with E-state index in [-0.39, 0.29) is 12.5 Å². The number of halogens is 7. The van der Waals surface area contributed by atoms with E-state index >= 15 is 0 Å². The Kier molecular flexibility index (Phi) is 7.74. The second-order valence-corrected chi connectivity index (χ2v) is 9.32. The Morgan fingerprint density at radius 3 is 1.83 bits per heavy atom. The van der Waals surface area contributed by atoms with Crippen molar-refractivity contribution < 1.29 is 43.9 Å². The summed E-state index contributed by atoms with van der Waals surface area (Å²) in [5.74, 6) is -1.94. The molecule has 3 aromatic rings. The van der Waals surface area contributed by atoms with Crippen molar-refractivity contribution in [1.29, 1.82) is 0 Å². The first kappa shape index (κ1) is 27.1. The molecule has 0 aromatic heterocycles. The smallest absolute Gasteiger partial charge is 0.325 e. The van der Waals surface area contributed by atoms with Crippen LogP contribution in [0.1, 0.15) is 16.7 Å². The number of nitrogens with one attached hydrogen (secondary N) is 2. The average molecular weight is 534 g/mol. The average Bonchev–Trinajstić information content (AvgIpc) is 2.78. The van der Waals surface area contributed by atoms with Gasteiger partial charge in [0, 0.05) is 5.69 Å². The monoisotopic (exact) mass is 534 g/mol. The van der Waals surface area contributed by atoms with Gasteiger partial charge in [0.2, 0.25) is 15.9 Å². The van der Waals surface area contributed by atoms with Gasteiger partial charge in [-0.25, -0.2) is 12.8 Å². The van der Waals surface area contributed by atoms with Gasteiger partial charge in [-0.2, -0.15) is 31.1 Å². The number of benzene rings is 3. The molecule has 36 heavy (non-hydrogen) atoms. The molecule has 0 aliphatic carbocycles. The van der Waals surface area contributed by atoms with Crippen LogP contribution in [-0.4, -0.2) is 20.4 Å². The topological polar surface area (TPSA) is 75.3 Å². The molecule has 0 saturated heterocycles. The van der Waals surface area contributed by atoms with E-state index in [1.807, 2.05) is 5.32 Å². The highest BCUT2D eigenvalue weighted by atomic mass is 32.2. The summed E-state index contributed by atoms with van der Waals surface area (Å²) < 4.78 is 120. The van der Waals surface area contributed by atoms with Crippen molar-refractivity contribution >= 4 is 21.6 Å². The lowest BCUT2D eigenvalue weighted by molar-refractivity contribution is -0.143. The summed E-state index contributed by atoms with van der Waals surface area (Å²) in [6.45, 7) is 0. The highest BCUT2D eigenvalue weighted by molar-refractivity contribution is 7.89. The van der Waals surface area contributed by atoms with E-state index in [1.165, 1.54) is 0 Å². The van der Waals surface area contributed by atoms with Crippen LogP contribution in [0.4, 0.5) is 36.4 Å². The first-order valence-electron chi connectivity index (χ1n) is 10.1. The standard InChI is InChI=1S/C23H17F7N2O3S/c24-17-6-8-19(9-7-17)36(34,35)32-20(10-14-4-2-1-3-5-14)21(33)31-18-12-15(22(25,26)27)11-16(13-18)23(28,29)30/h1-9,11-13,20,32H,10H2,(H,31,33). The van der Waals surface area contributed by atoms with Crippen molar-refractivity contribution in [1.82, 2.24) is 4.72 Å². The highest BCUT2D eigenvalue weighted by Crippen LogP contribution is 2.37. The van der Waals surface area contributed by atoms with Crippen molar-refractivity contribution in [3.8, 4) is 0 Å². The minimum absolute atomic E-state index is 0.103. The molecule has 0 heterocycles. The molecular formula is C23H17F7N2O3S. The Hall–Kier alpha value is -3.45. The van der Waals surface area contributed by atoms with Crippen molar-refractivity contribution in [3.05, 3.63) is 95.3 Å². The third kappa shape index (κ3) is 7.04. The van der Waals surface area contributed by atoms with Crippen molar-refractivity contribution in [2.45, 2.75) is 29.7 Å². The van der Waals surface area contributed by atoms with Gasteiger partial charge >= 0.3 is 12.4 Å². The molecule has 0 aliphatic rings. The maximum Gasteiger partial charge on any atom is 0.416 e. The van der Waals surface area contributed by atoms with Crippen molar-refractivity contribution in [2.24, 2.45) is 0 Å². The van der Waals surface area contributed by atoms with Gasteiger partial charge in [0.15, 0.2) is 0 Å². The van der Waals surface area contributed by atoms with Gasteiger partial charge in [0.1, 0.15) is 11.9 Å². The molecule has 0 radical (unpaired) electrons. The molecule has 0 spiro atoms. The summed E-state index contributed by atoms with van der Waals surface area (Å²) in [6, 6.07) is 10.3. The number of hydrogen-bond acceptors (Lipinski definition) is 3. The minimum atomic E-state index is -5.14. The Morgan fingerprint density at radius 2 is 1.33 bits per heavy atom. The van der Waals surface area contributed by atoms with Crippen LogP contribution in [-0.2, 0) is 33.6 Å². The van der Waals surface area contributed by atoms with Crippen LogP contribution in [0.15, 0.2) is 77.7 Å². The molecule has 3 rings (SSSR count). The molecular weight excluding hydrogens is 517 g/mol. The van der Waals surface area contributed by atoms with Crippen LogP contribution >= 0.6 is 0 Å². The zero-order valence-electron chi connectivity index (χ0n) is 18.0. The summed E-state index contributed by atoms with van der Waals surface area (Å²) in [5.41, 5.74) is -3.70. The molecule has 2 N–H and O–H groups in total. The van der Waals surface area contributed by atoms with Gasteiger partial charge in [-0.05, 0) is 54.4 Å². The van der Waals surface area contributed by atoms with E-state index in [2.05, 4.69) is 4.72 Å². The Bertz CT molecular complexity index is 1290. The fourth-order valence-corrected chi connectivity index (χ4v) is 4.36. The molecule has 1 amide bonds. The van der Waals surface area contributed by atoms with Crippen LogP contribution in [0.5, 0.6) is 0 Å². The molecule has 0 bridgehead atoms. The number of carbonyl (C=O) groups excluding carboxylic acids is 1. The first-order chi connectivity index (χ1) is 16.6. The maximum absolute atomic E-state index is 13.2. The number of alkyl halides is 6. The fraction of sp³-hybridized carbons (Fsp3) is 0.174. The van der Waals surface area contributed by atoms with E-state index in [4.69, 9.17) is 0 Å².